The lowest BCUT2D eigenvalue weighted by molar-refractivity contribution is -0.158. The molecule has 21 heavy (non-hydrogen) atoms. The number of benzene rings is 1. The van der Waals surface area contributed by atoms with Crippen molar-refractivity contribution >= 4 is 11.9 Å². The zero-order valence-corrected chi connectivity index (χ0v) is 13.0. The second-order valence-corrected chi connectivity index (χ2v) is 5.78. The Labute approximate surface area is 125 Å². The zero-order valence-electron chi connectivity index (χ0n) is 13.0. The predicted octanol–water partition coefficient (Wildman–Crippen LogP) is 1.70. The molecule has 1 amide bonds. The van der Waals surface area contributed by atoms with Gasteiger partial charge in [-0.2, -0.15) is 0 Å². The second kappa shape index (κ2) is 7.78. The molecule has 0 fully saturated rings. The van der Waals surface area contributed by atoms with Crippen LogP contribution < -0.4 is 5.32 Å². The van der Waals surface area contributed by atoms with E-state index in [1.807, 2.05) is 30.3 Å². The number of hydrogen-bond donors (Lipinski definition) is 1. The molecular weight excluding hydrogens is 270 g/mol. The molecule has 0 aliphatic rings. The van der Waals surface area contributed by atoms with Crippen molar-refractivity contribution in [2.24, 2.45) is 0 Å². The fourth-order valence-electron chi connectivity index (χ4n) is 1.78. The first-order valence-electron chi connectivity index (χ1n) is 6.87. The molecule has 1 aromatic carbocycles. The van der Waals surface area contributed by atoms with Gasteiger partial charge in [0.25, 0.3) is 0 Å². The van der Waals surface area contributed by atoms with Crippen LogP contribution in [0.5, 0.6) is 0 Å². The summed E-state index contributed by atoms with van der Waals surface area (Å²) in [7, 11) is 1.43. The minimum Gasteiger partial charge on any atom is -0.458 e. The number of amides is 1. The molecular formula is C16H23NO4. The van der Waals surface area contributed by atoms with Crippen molar-refractivity contribution in [3.05, 3.63) is 35.9 Å². The lowest BCUT2D eigenvalue weighted by atomic mass is 10.1. The smallest absolute Gasteiger partial charge is 0.329 e. The predicted molar refractivity (Wildman–Crippen MR) is 79.8 cm³/mol. The number of nitrogens with one attached hydrogen (secondary N) is 1. The van der Waals surface area contributed by atoms with E-state index in [4.69, 9.17) is 9.47 Å². The molecule has 116 valence electrons. The molecule has 0 bridgehead atoms. The topological polar surface area (TPSA) is 64.6 Å². The summed E-state index contributed by atoms with van der Waals surface area (Å²) in [5.41, 5.74) is 0.351. The fourth-order valence-corrected chi connectivity index (χ4v) is 1.78. The summed E-state index contributed by atoms with van der Waals surface area (Å²) >= 11 is 0. The Hall–Kier alpha value is -1.88. The summed E-state index contributed by atoms with van der Waals surface area (Å²) in [5, 5.41) is 2.65. The standard InChI is InChI=1S/C16H23NO4/c1-16(2,3)21-15(19)13(17-14(18)11-20-4)10-12-8-6-5-7-9-12/h5-9,13H,10-11H2,1-4H3,(H,17,18)/t13-/m0/s1. The van der Waals surface area contributed by atoms with E-state index in [-0.39, 0.29) is 12.5 Å². The third-order valence-electron chi connectivity index (χ3n) is 2.58. The number of carbonyl (C=O) groups excluding carboxylic acids is 2. The van der Waals surface area contributed by atoms with E-state index >= 15 is 0 Å². The number of esters is 1. The van der Waals surface area contributed by atoms with Crippen LogP contribution in [0.1, 0.15) is 26.3 Å². The summed E-state index contributed by atoms with van der Waals surface area (Å²) in [6.07, 6.45) is 0.380. The first kappa shape index (κ1) is 17.2. The van der Waals surface area contributed by atoms with Crippen LogP contribution in [-0.4, -0.2) is 37.2 Å². The summed E-state index contributed by atoms with van der Waals surface area (Å²) in [6.45, 7) is 5.29. The van der Waals surface area contributed by atoms with Crippen LogP contribution in [0.15, 0.2) is 30.3 Å². The summed E-state index contributed by atoms with van der Waals surface area (Å²) < 4.78 is 10.1. The van der Waals surface area contributed by atoms with Gasteiger partial charge in [-0.15, -0.1) is 0 Å². The van der Waals surface area contributed by atoms with E-state index in [9.17, 15) is 9.59 Å². The average Bonchev–Trinajstić information content (AvgIpc) is 2.37. The monoisotopic (exact) mass is 293 g/mol. The molecule has 1 rings (SSSR count). The average molecular weight is 293 g/mol. The lowest BCUT2D eigenvalue weighted by Crippen LogP contribution is -2.46. The highest BCUT2D eigenvalue weighted by Gasteiger charge is 2.26. The Balaban J connectivity index is 2.78. The van der Waals surface area contributed by atoms with Gasteiger partial charge >= 0.3 is 5.97 Å². The molecule has 0 aliphatic carbocycles. The number of methoxy groups -OCH3 is 1. The van der Waals surface area contributed by atoms with Crippen molar-refractivity contribution in [1.82, 2.24) is 5.32 Å². The number of hydrogen-bond acceptors (Lipinski definition) is 4. The number of carbonyl (C=O) groups is 2. The third kappa shape index (κ3) is 6.90. The van der Waals surface area contributed by atoms with Gasteiger partial charge in [0.15, 0.2) is 0 Å². The van der Waals surface area contributed by atoms with E-state index in [1.165, 1.54) is 7.11 Å². The first-order chi connectivity index (χ1) is 9.81. The molecule has 5 heteroatoms. The highest BCUT2D eigenvalue weighted by Crippen LogP contribution is 2.11. The molecule has 0 radical (unpaired) electrons. The number of ether oxygens (including phenoxy) is 2. The summed E-state index contributed by atoms with van der Waals surface area (Å²) in [6, 6.07) is 8.75. The van der Waals surface area contributed by atoms with Crippen LogP contribution in [0.3, 0.4) is 0 Å². The number of rotatable bonds is 6. The molecule has 0 saturated heterocycles. The molecule has 0 unspecified atom stereocenters. The molecule has 1 atom stereocenters. The van der Waals surface area contributed by atoms with Crippen LogP contribution in [-0.2, 0) is 25.5 Å². The van der Waals surface area contributed by atoms with Crippen molar-refractivity contribution < 1.29 is 19.1 Å². The lowest BCUT2D eigenvalue weighted by Gasteiger charge is -2.24. The van der Waals surface area contributed by atoms with Gasteiger partial charge in [0.1, 0.15) is 18.2 Å². The van der Waals surface area contributed by atoms with Crippen LogP contribution in [0.25, 0.3) is 0 Å². The highest BCUT2D eigenvalue weighted by atomic mass is 16.6. The van der Waals surface area contributed by atoms with Gasteiger partial charge in [0.05, 0.1) is 0 Å². The molecule has 0 heterocycles. The highest BCUT2D eigenvalue weighted by molar-refractivity contribution is 5.85. The van der Waals surface area contributed by atoms with E-state index < -0.39 is 17.6 Å². The largest absolute Gasteiger partial charge is 0.458 e. The molecule has 1 aromatic rings. The summed E-state index contributed by atoms with van der Waals surface area (Å²) in [4.78, 5) is 23.9. The molecule has 0 aromatic heterocycles. The zero-order chi connectivity index (χ0) is 15.9. The van der Waals surface area contributed by atoms with Crippen molar-refractivity contribution in [1.29, 1.82) is 0 Å². The van der Waals surface area contributed by atoms with Gasteiger partial charge in [-0.1, -0.05) is 30.3 Å². The SMILES string of the molecule is COCC(=O)N[C@@H](Cc1ccccc1)C(=O)OC(C)(C)C. The van der Waals surface area contributed by atoms with Crippen LogP contribution in [0.4, 0.5) is 0 Å². The Morgan fingerprint density at radius 2 is 1.81 bits per heavy atom. The minimum absolute atomic E-state index is 0.0892. The van der Waals surface area contributed by atoms with Crippen LogP contribution >= 0.6 is 0 Å². The maximum atomic E-state index is 12.2. The third-order valence-corrected chi connectivity index (χ3v) is 2.58. The Kier molecular flexibility index (Phi) is 6.37. The van der Waals surface area contributed by atoms with Gasteiger partial charge in [-0.3, -0.25) is 4.79 Å². The minimum atomic E-state index is -0.728. The van der Waals surface area contributed by atoms with Crippen molar-refractivity contribution in [2.45, 2.75) is 38.8 Å². The maximum Gasteiger partial charge on any atom is 0.329 e. The van der Waals surface area contributed by atoms with Crippen molar-refractivity contribution in [2.75, 3.05) is 13.7 Å². The van der Waals surface area contributed by atoms with Crippen LogP contribution in [0.2, 0.25) is 0 Å². The molecule has 0 saturated carbocycles. The van der Waals surface area contributed by atoms with E-state index in [0.717, 1.165) is 5.56 Å². The molecule has 0 aliphatic heterocycles. The fraction of sp³-hybridized carbons (Fsp3) is 0.500. The first-order valence-corrected chi connectivity index (χ1v) is 6.87. The van der Waals surface area contributed by atoms with Gasteiger partial charge in [0.2, 0.25) is 5.91 Å². The second-order valence-electron chi connectivity index (χ2n) is 5.78. The Morgan fingerprint density at radius 1 is 1.19 bits per heavy atom. The Bertz CT molecular complexity index is 465. The Morgan fingerprint density at radius 3 is 2.33 bits per heavy atom. The normalized spacial score (nSPS) is 12.6. The van der Waals surface area contributed by atoms with E-state index in [1.54, 1.807) is 20.8 Å². The quantitative estimate of drug-likeness (QED) is 0.811. The van der Waals surface area contributed by atoms with Gasteiger partial charge in [0, 0.05) is 13.5 Å². The molecule has 0 spiro atoms. The van der Waals surface area contributed by atoms with Crippen molar-refractivity contribution in [3.8, 4) is 0 Å². The molecule has 1 N–H and O–H groups in total. The van der Waals surface area contributed by atoms with Gasteiger partial charge in [-0.25, -0.2) is 4.79 Å². The maximum absolute atomic E-state index is 12.2. The van der Waals surface area contributed by atoms with E-state index in [0.29, 0.717) is 6.42 Å². The van der Waals surface area contributed by atoms with Crippen LogP contribution in [0, 0.1) is 0 Å². The van der Waals surface area contributed by atoms with Gasteiger partial charge in [-0.05, 0) is 26.3 Å². The molecule has 5 nitrogen and oxygen atoms in total. The summed E-state index contributed by atoms with van der Waals surface area (Å²) in [5.74, 6) is -0.792. The van der Waals surface area contributed by atoms with Crippen molar-refractivity contribution in [3.63, 3.8) is 0 Å². The van der Waals surface area contributed by atoms with E-state index in [2.05, 4.69) is 5.32 Å². The van der Waals surface area contributed by atoms with Gasteiger partial charge < -0.3 is 14.8 Å².